The summed E-state index contributed by atoms with van der Waals surface area (Å²) in [5, 5.41) is 5.82. The molecule has 1 amide bonds. The number of rotatable bonds is 3. The molecule has 0 bridgehead atoms. The molecule has 1 saturated heterocycles. The van der Waals surface area contributed by atoms with Crippen LogP contribution in [0.4, 0.5) is 0 Å². The molecule has 5 nitrogen and oxygen atoms in total. The van der Waals surface area contributed by atoms with Crippen LogP contribution in [-0.4, -0.2) is 24.5 Å². The average Bonchev–Trinajstić information content (AvgIpc) is 2.63. The minimum absolute atomic E-state index is 0.0132. The molecule has 2 unspecified atom stereocenters. The molecule has 2 aliphatic heterocycles. The number of hydrogen-bond acceptors (Lipinski definition) is 4. The lowest BCUT2D eigenvalue weighted by atomic mass is 9.88. The molecule has 0 spiro atoms. The summed E-state index contributed by atoms with van der Waals surface area (Å²) < 4.78 is 0. The maximum atomic E-state index is 11.7. The largest absolute Gasteiger partial charge is 0.390 e. The van der Waals surface area contributed by atoms with Crippen molar-refractivity contribution in [3.63, 3.8) is 0 Å². The van der Waals surface area contributed by atoms with Crippen molar-refractivity contribution in [1.29, 1.82) is 0 Å². The van der Waals surface area contributed by atoms with Crippen LogP contribution in [0.25, 0.3) is 0 Å². The van der Waals surface area contributed by atoms with Gasteiger partial charge in [-0.1, -0.05) is 34.6 Å². The second-order valence-corrected chi connectivity index (χ2v) is 5.91. The fraction of sp³-hybridized carbons (Fsp3) is 0.786. The monoisotopic (exact) mass is 269 g/mol. The van der Waals surface area contributed by atoms with Crippen LogP contribution < -0.4 is 16.1 Å². The van der Waals surface area contributed by atoms with Gasteiger partial charge in [-0.2, -0.15) is 0 Å². The molecule has 0 aromatic rings. The molecular weight excluding hydrogens is 242 g/mol. The Bertz CT molecular complexity index is 330. The van der Waals surface area contributed by atoms with Gasteiger partial charge in [-0.25, -0.2) is 0 Å². The fourth-order valence-electron chi connectivity index (χ4n) is 1.94. The lowest BCUT2D eigenvalue weighted by molar-refractivity contribution is -0.125. The zero-order valence-electron chi connectivity index (χ0n) is 12.7. The van der Waals surface area contributed by atoms with Crippen LogP contribution in [0.1, 0.15) is 47.5 Å². The summed E-state index contributed by atoms with van der Waals surface area (Å²) >= 11 is 0. The van der Waals surface area contributed by atoms with Gasteiger partial charge in [-0.15, -0.1) is 5.48 Å². The highest BCUT2D eigenvalue weighted by Gasteiger charge is 2.28. The Labute approximate surface area is 116 Å². The molecule has 2 rings (SSSR count). The lowest BCUT2D eigenvalue weighted by Gasteiger charge is -2.25. The normalized spacial score (nSPS) is 25.4. The summed E-state index contributed by atoms with van der Waals surface area (Å²) in [5.41, 5.74) is 3.14. The molecule has 0 saturated carbocycles. The first-order valence-electron chi connectivity index (χ1n) is 7.12. The highest BCUT2D eigenvalue weighted by Crippen LogP contribution is 2.23. The van der Waals surface area contributed by atoms with Gasteiger partial charge in [0.05, 0.1) is 12.1 Å². The van der Waals surface area contributed by atoms with Crippen LogP contribution >= 0.6 is 0 Å². The van der Waals surface area contributed by atoms with E-state index in [9.17, 15) is 4.79 Å². The van der Waals surface area contributed by atoms with Crippen LogP contribution in [-0.2, 0) is 9.63 Å². The summed E-state index contributed by atoms with van der Waals surface area (Å²) in [6.45, 7) is 11.5. The van der Waals surface area contributed by atoms with E-state index in [1.165, 1.54) is 0 Å². The molecule has 0 aromatic carbocycles. The second-order valence-electron chi connectivity index (χ2n) is 5.91. The van der Waals surface area contributed by atoms with Gasteiger partial charge < -0.3 is 10.2 Å². The molecule has 0 aliphatic carbocycles. The first-order valence-corrected chi connectivity index (χ1v) is 7.12. The average molecular weight is 269 g/mol. The molecule has 0 radical (unpaired) electrons. The lowest BCUT2D eigenvalue weighted by Crippen LogP contribution is -2.53. The predicted molar refractivity (Wildman–Crippen MR) is 76.1 cm³/mol. The van der Waals surface area contributed by atoms with Crippen molar-refractivity contribution in [2.75, 3.05) is 6.54 Å². The third-order valence-corrected chi connectivity index (χ3v) is 2.89. The molecule has 2 atom stereocenters. The van der Waals surface area contributed by atoms with E-state index in [1.54, 1.807) is 0 Å². The van der Waals surface area contributed by atoms with Gasteiger partial charge >= 0.3 is 0 Å². The fourth-order valence-corrected chi connectivity index (χ4v) is 1.94. The topological polar surface area (TPSA) is 62.4 Å². The Kier molecular flexibility index (Phi) is 5.82. The number of hydroxylamine groups is 1. The number of carbonyl (C=O) groups excluding carboxylic acids is 1. The van der Waals surface area contributed by atoms with E-state index in [0.717, 1.165) is 19.4 Å². The van der Waals surface area contributed by atoms with Crippen molar-refractivity contribution < 1.29 is 9.63 Å². The third kappa shape index (κ3) is 5.20. The number of hydrogen-bond donors (Lipinski definition) is 3. The van der Waals surface area contributed by atoms with E-state index in [1.807, 2.05) is 19.9 Å². The first-order chi connectivity index (χ1) is 8.94. The summed E-state index contributed by atoms with van der Waals surface area (Å²) in [6, 6.07) is 0.112. The summed E-state index contributed by atoms with van der Waals surface area (Å²) in [7, 11) is 0. The van der Waals surface area contributed by atoms with E-state index in [2.05, 4.69) is 36.9 Å². The first kappa shape index (κ1) is 16.0. The second kappa shape index (κ2) is 6.91. The molecular formula is C14H27N3O2. The Balaban J connectivity index is 0.000000861. The minimum atomic E-state index is -0.0545. The van der Waals surface area contributed by atoms with Crippen molar-refractivity contribution in [2.45, 2.75) is 59.5 Å². The Morgan fingerprint density at radius 1 is 1.47 bits per heavy atom. The van der Waals surface area contributed by atoms with E-state index in [4.69, 9.17) is 4.84 Å². The SMILES string of the molecule is CC.CC(C)(C)CC1C=C(NC(=O)C2CCN2)ON1. The standard InChI is InChI=1S/C12H21N3O2.C2H6/c1-12(2,3)7-8-6-10(17-15-8)14-11(16)9-4-5-13-9;1-2/h6,8-9,13,15H,4-5,7H2,1-3H3,(H,14,16);1-2H3. The van der Waals surface area contributed by atoms with Gasteiger partial charge in [0.25, 0.3) is 0 Å². The van der Waals surface area contributed by atoms with Crippen molar-refractivity contribution in [1.82, 2.24) is 16.1 Å². The zero-order valence-corrected chi connectivity index (χ0v) is 12.7. The van der Waals surface area contributed by atoms with Crippen molar-refractivity contribution in [3.05, 3.63) is 12.0 Å². The van der Waals surface area contributed by atoms with Gasteiger partial charge in [-0.05, 0) is 30.9 Å². The Morgan fingerprint density at radius 3 is 2.58 bits per heavy atom. The molecule has 1 fully saturated rings. The van der Waals surface area contributed by atoms with Crippen LogP contribution in [0.5, 0.6) is 0 Å². The maximum Gasteiger partial charge on any atom is 0.243 e. The van der Waals surface area contributed by atoms with E-state index in [0.29, 0.717) is 5.88 Å². The Hall–Kier alpha value is -1.07. The summed E-state index contributed by atoms with van der Waals surface area (Å²) in [6.07, 6.45) is 3.80. The predicted octanol–water partition coefficient (Wildman–Crippen LogP) is 1.67. The van der Waals surface area contributed by atoms with Crippen LogP contribution in [0.3, 0.4) is 0 Å². The maximum absolute atomic E-state index is 11.7. The van der Waals surface area contributed by atoms with Crippen LogP contribution in [0, 0.1) is 5.41 Å². The zero-order chi connectivity index (χ0) is 14.5. The number of amides is 1. The molecule has 5 heteroatoms. The van der Waals surface area contributed by atoms with Crippen LogP contribution in [0.15, 0.2) is 12.0 Å². The highest BCUT2D eigenvalue weighted by molar-refractivity contribution is 5.83. The third-order valence-electron chi connectivity index (χ3n) is 2.89. The van der Waals surface area contributed by atoms with Crippen molar-refractivity contribution >= 4 is 5.91 Å². The molecule has 2 aliphatic rings. The Morgan fingerprint density at radius 2 is 2.11 bits per heavy atom. The van der Waals surface area contributed by atoms with Crippen LogP contribution in [0.2, 0.25) is 0 Å². The quantitative estimate of drug-likeness (QED) is 0.729. The van der Waals surface area contributed by atoms with Crippen molar-refractivity contribution in [2.24, 2.45) is 5.41 Å². The van der Waals surface area contributed by atoms with Gasteiger partial charge in [-0.3, -0.25) is 10.1 Å². The van der Waals surface area contributed by atoms with E-state index < -0.39 is 0 Å². The highest BCUT2D eigenvalue weighted by atomic mass is 16.7. The molecule has 2 heterocycles. The molecule has 110 valence electrons. The number of carbonyl (C=O) groups is 1. The number of nitrogens with one attached hydrogen (secondary N) is 3. The van der Waals surface area contributed by atoms with Gasteiger partial charge in [0, 0.05) is 0 Å². The van der Waals surface area contributed by atoms with Crippen molar-refractivity contribution in [3.8, 4) is 0 Å². The van der Waals surface area contributed by atoms with E-state index >= 15 is 0 Å². The minimum Gasteiger partial charge on any atom is -0.390 e. The smallest absolute Gasteiger partial charge is 0.243 e. The molecule has 19 heavy (non-hydrogen) atoms. The van der Waals surface area contributed by atoms with E-state index in [-0.39, 0.29) is 23.4 Å². The van der Waals surface area contributed by atoms with Gasteiger partial charge in [0.15, 0.2) is 0 Å². The van der Waals surface area contributed by atoms with Gasteiger partial charge in [0.2, 0.25) is 11.8 Å². The summed E-state index contributed by atoms with van der Waals surface area (Å²) in [4.78, 5) is 16.9. The molecule has 3 N–H and O–H groups in total. The van der Waals surface area contributed by atoms with Gasteiger partial charge in [0.1, 0.15) is 0 Å². The molecule has 0 aromatic heterocycles. The summed E-state index contributed by atoms with van der Waals surface area (Å²) in [5.74, 6) is 0.513.